The second-order valence-corrected chi connectivity index (χ2v) is 20.6. The summed E-state index contributed by atoms with van der Waals surface area (Å²) in [5.74, 6) is 0. The molecule has 0 fully saturated rings. The van der Waals surface area contributed by atoms with Crippen molar-refractivity contribution in [2.45, 2.75) is 17.8 Å². The molecule has 0 atom stereocenters. The van der Waals surface area contributed by atoms with Crippen molar-refractivity contribution in [1.82, 2.24) is 0 Å². The van der Waals surface area contributed by atoms with E-state index in [2.05, 4.69) is 267 Å². The Bertz CT molecular complexity index is 4210. The molecule has 72 heavy (non-hydrogen) atoms. The van der Waals surface area contributed by atoms with Gasteiger partial charge in [-0.3, -0.25) is 0 Å². The second-order valence-electron chi connectivity index (χ2n) is 19.6. The van der Waals surface area contributed by atoms with E-state index >= 15 is 0 Å². The van der Waals surface area contributed by atoms with Crippen LogP contribution in [0.3, 0.4) is 0 Å². The van der Waals surface area contributed by atoms with Gasteiger partial charge in [0.2, 0.25) is 0 Å². The predicted molar refractivity (Wildman–Crippen MR) is 301 cm³/mol. The summed E-state index contributed by atoms with van der Waals surface area (Å²) >= 11 is 1.87. The molecule has 2 heterocycles. The summed E-state index contributed by atoms with van der Waals surface area (Å²) in [5, 5.41) is 4.78. The minimum Gasteiger partial charge on any atom is -0.456 e. The van der Waals surface area contributed by atoms with Crippen LogP contribution >= 0.6 is 11.3 Å². The largest absolute Gasteiger partial charge is 0.456 e. The lowest BCUT2D eigenvalue weighted by Crippen LogP contribution is -2.28. The van der Waals surface area contributed by atoms with Gasteiger partial charge in [0.25, 0.3) is 0 Å². The van der Waals surface area contributed by atoms with Crippen LogP contribution in [0, 0.1) is 0 Å². The molecule has 0 bridgehead atoms. The van der Waals surface area contributed by atoms with Gasteiger partial charge < -0.3 is 9.32 Å². The molecule has 15 rings (SSSR count). The number of rotatable bonds is 7. The van der Waals surface area contributed by atoms with Gasteiger partial charge in [-0.25, -0.2) is 0 Å². The molecule has 0 spiro atoms. The van der Waals surface area contributed by atoms with E-state index in [1.165, 1.54) is 86.9 Å². The monoisotopic (exact) mass is 935 g/mol. The fourth-order valence-corrected chi connectivity index (χ4v) is 14.2. The molecule has 0 N–H and O–H groups in total. The zero-order valence-electron chi connectivity index (χ0n) is 39.5. The maximum atomic E-state index is 7.24. The lowest BCUT2D eigenvalue weighted by atomic mass is 9.67. The van der Waals surface area contributed by atoms with Crippen LogP contribution in [0.4, 0.5) is 17.1 Å². The fourth-order valence-electron chi connectivity index (χ4n) is 12.9. The van der Waals surface area contributed by atoms with Crippen molar-refractivity contribution in [3.05, 3.63) is 294 Å². The molecule has 2 aromatic heterocycles. The van der Waals surface area contributed by atoms with E-state index < -0.39 is 10.8 Å². The average molecular weight is 936 g/mol. The maximum absolute atomic E-state index is 7.24. The first kappa shape index (κ1) is 41.1. The van der Waals surface area contributed by atoms with E-state index in [4.69, 9.17) is 4.42 Å². The van der Waals surface area contributed by atoms with Gasteiger partial charge in [0.15, 0.2) is 0 Å². The van der Waals surface area contributed by atoms with Crippen molar-refractivity contribution in [3.8, 4) is 33.4 Å². The highest BCUT2D eigenvalue weighted by Crippen LogP contribution is 2.59. The van der Waals surface area contributed by atoms with Gasteiger partial charge in [0.05, 0.1) is 16.5 Å². The number of fused-ring (bicyclic) bond motifs is 12. The van der Waals surface area contributed by atoms with Crippen molar-refractivity contribution in [3.63, 3.8) is 0 Å². The van der Waals surface area contributed by atoms with Gasteiger partial charge >= 0.3 is 0 Å². The van der Waals surface area contributed by atoms with E-state index in [0.29, 0.717) is 0 Å². The van der Waals surface area contributed by atoms with E-state index in [9.17, 15) is 0 Å². The summed E-state index contributed by atoms with van der Waals surface area (Å²) in [6.07, 6.45) is 0. The van der Waals surface area contributed by atoms with Crippen LogP contribution in [0.25, 0.3) is 75.5 Å². The third-order valence-corrected chi connectivity index (χ3v) is 17.3. The number of benzene rings is 11. The highest BCUT2D eigenvalue weighted by Gasteiger charge is 2.47. The van der Waals surface area contributed by atoms with Crippen LogP contribution in [0.2, 0.25) is 0 Å². The van der Waals surface area contributed by atoms with E-state index in [0.717, 1.165) is 44.6 Å². The lowest BCUT2D eigenvalue weighted by molar-refractivity contribution is 0.638. The first-order valence-corrected chi connectivity index (χ1v) is 25.7. The molecule has 11 aromatic carbocycles. The minimum atomic E-state index is -0.560. The number of para-hydroxylation sites is 1. The highest BCUT2D eigenvalue weighted by molar-refractivity contribution is 7.26. The fraction of sp³-hybridized carbons (Fsp3) is 0.0435. The number of furan rings is 1. The number of nitrogens with zero attached hydrogens (tertiary/aromatic N) is 1. The molecule has 2 aliphatic carbocycles. The molecular weight excluding hydrogens is 891 g/mol. The summed E-state index contributed by atoms with van der Waals surface area (Å²) in [5.41, 5.74) is 20.3. The highest BCUT2D eigenvalue weighted by atomic mass is 32.1. The van der Waals surface area contributed by atoms with Crippen molar-refractivity contribution < 1.29 is 4.42 Å². The van der Waals surface area contributed by atoms with E-state index in [1.54, 1.807) is 0 Å². The Balaban J connectivity index is 0.978. The number of hydrogen-bond acceptors (Lipinski definition) is 3. The third-order valence-electron chi connectivity index (χ3n) is 16.0. The Morgan fingerprint density at radius 1 is 0.389 bits per heavy atom. The zero-order chi connectivity index (χ0) is 47.5. The molecule has 3 heteroatoms. The zero-order valence-corrected chi connectivity index (χ0v) is 40.3. The molecule has 2 nitrogen and oxygen atoms in total. The molecule has 0 amide bonds. The van der Waals surface area contributed by atoms with Crippen molar-refractivity contribution in [2.75, 3.05) is 4.90 Å². The Labute approximate surface area is 422 Å². The Morgan fingerprint density at radius 2 is 0.917 bits per heavy atom. The molecule has 0 radical (unpaired) electrons. The Morgan fingerprint density at radius 3 is 1.64 bits per heavy atom. The summed E-state index contributed by atoms with van der Waals surface area (Å²) in [6.45, 7) is 2.38. The van der Waals surface area contributed by atoms with Crippen LogP contribution in [0.1, 0.15) is 45.9 Å². The van der Waals surface area contributed by atoms with Gasteiger partial charge in [-0.05, 0) is 116 Å². The van der Waals surface area contributed by atoms with Gasteiger partial charge in [0.1, 0.15) is 11.2 Å². The summed E-state index contributed by atoms with van der Waals surface area (Å²) in [7, 11) is 0. The lowest BCUT2D eigenvalue weighted by Gasteiger charge is -2.35. The molecule has 0 saturated heterocycles. The Hall–Kier alpha value is -8.76. The van der Waals surface area contributed by atoms with Crippen molar-refractivity contribution in [1.29, 1.82) is 0 Å². The van der Waals surface area contributed by atoms with Crippen LogP contribution in [0.15, 0.2) is 259 Å². The molecule has 13 aromatic rings. The van der Waals surface area contributed by atoms with Crippen molar-refractivity contribution >= 4 is 70.5 Å². The summed E-state index contributed by atoms with van der Waals surface area (Å²) in [4.78, 5) is 2.47. The Kier molecular flexibility index (Phi) is 8.91. The van der Waals surface area contributed by atoms with Crippen molar-refractivity contribution in [2.24, 2.45) is 0 Å². The summed E-state index contributed by atoms with van der Waals surface area (Å²) < 4.78 is 9.86. The first-order chi connectivity index (χ1) is 35.6. The third kappa shape index (κ3) is 5.65. The quantitative estimate of drug-likeness (QED) is 0.158. The van der Waals surface area contributed by atoms with Gasteiger partial charge in [-0.15, -0.1) is 11.3 Å². The minimum absolute atomic E-state index is 0.430. The van der Waals surface area contributed by atoms with Crippen LogP contribution in [-0.4, -0.2) is 0 Å². The normalized spacial score (nSPS) is 13.8. The van der Waals surface area contributed by atoms with E-state index in [-0.39, 0.29) is 0 Å². The molecule has 0 aliphatic heterocycles. The van der Waals surface area contributed by atoms with Gasteiger partial charge in [0, 0.05) is 47.9 Å². The van der Waals surface area contributed by atoms with Crippen LogP contribution < -0.4 is 4.90 Å². The average Bonchev–Trinajstić information content (AvgIpc) is 4.18. The van der Waals surface area contributed by atoms with Crippen LogP contribution in [0.5, 0.6) is 0 Å². The molecule has 0 saturated carbocycles. The smallest absolute Gasteiger partial charge is 0.139 e. The standard InChI is InChI=1S/C69H45NOS/c1-68(57-30-12-8-23-50(57)51-24-9-13-31-58(51)68)60-33-17-29-56-65-62(34-18-35-63(65)71-66(56)60)70(47-39-37-44(38-40-47)49-27-16-28-55-54-26-11-15-36-64(54)72-67(49)55)48-41-42-53-52-25-10-14-32-59(52)69(61(53)43-48,45-19-4-2-5-20-45)46-21-6-3-7-22-46/h2-43H,1H3. The number of anilines is 3. The molecular formula is C69H45NOS. The number of hydrogen-bond donors (Lipinski definition) is 0. The van der Waals surface area contributed by atoms with E-state index in [1.807, 2.05) is 11.3 Å². The van der Waals surface area contributed by atoms with Crippen LogP contribution in [-0.2, 0) is 10.8 Å². The topological polar surface area (TPSA) is 16.4 Å². The predicted octanol–water partition coefficient (Wildman–Crippen LogP) is 18.8. The number of thiophene rings is 1. The maximum Gasteiger partial charge on any atom is 0.139 e. The molecule has 338 valence electrons. The first-order valence-electron chi connectivity index (χ1n) is 24.9. The van der Waals surface area contributed by atoms with Gasteiger partial charge in [-0.1, -0.05) is 212 Å². The SMILES string of the molecule is CC1(c2cccc3c2oc2cccc(N(c4ccc(-c5cccc6c5sc5ccccc56)cc4)c4ccc5c(c4)C(c4ccccc4)(c4ccccc4)c4ccccc4-5)c23)c2ccccc2-c2ccccc21. The summed E-state index contributed by atoms with van der Waals surface area (Å²) in [6, 6.07) is 94.2. The molecule has 0 unspecified atom stereocenters. The van der Waals surface area contributed by atoms with Gasteiger partial charge in [-0.2, -0.15) is 0 Å². The molecule has 2 aliphatic rings. The second kappa shape index (κ2) is 15.6.